The molecule has 0 spiro atoms. The molecule has 2 aliphatic rings. The molecule has 0 saturated carbocycles. The zero-order valence-electron chi connectivity index (χ0n) is 51.1. The third-order valence-corrected chi connectivity index (χ3v) is 16.7. The fraction of sp³-hybridized carbons (Fsp3) is 0.924. The maximum atomic E-state index is 13.3. The molecule has 0 aromatic carbocycles. The van der Waals surface area contributed by atoms with Gasteiger partial charge < -0.3 is 65.1 Å². The smallest absolute Gasteiger partial charge is 0.220 e. The van der Waals surface area contributed by atoms with Crippen molar-refractivity contribution in [1.82, 2.24) is 5.32 Å². The summed E-state index contributed by atoms with van der Waals surface area (Å²) < 4.78 is 22.9. The van der Waals surface area contributed by atoms with Gasteiger partial charge in [0.05, 0.1) is 32.0 Å². The van der Waals surface area contributed by atoms with Gasteiger partial charge in [-0.1, -0.05) is 269 Å². The van der Waals surface area contributed by atoms with E-state index in [1.807, 2.05) is 0 Å². The Balaban J connectivity index is 1.67. The first-order valence-corrected chi connectivity index (χ1v) is 33.6. The summed E-state index contributed by atoms with van der Waals surface area (Å²) in [6, 6.07) is -0.833. The molecule has 2 aliphatic heterocycles. The van der Waals surface area contributed by atoms with Gasteiger partial charge in [-0.25, -0.2) is 0 Å². The number of aliphatic hydroxyl groups is 8. The van der Waals surface area contributed by atoms with Crippen molar-refractivity contribution in [3.8, 4) is 0 Å². The topological polar surface area (TPSA) is 228 Å². The summed E-state index contributed by atoms with van der Waals surface area (Å²) in [7, 11) is 0. The van der Waals surface area contributed by atoms with Crippen molar-refractivity contribution in [2.24, 2.45) is 0 Å². The van der Waals surface area contributed by atoms with E-state index in [0.29, 0.717) is 19.3 Å². The van der Waals surface area contributed by atoms with E-state index in [4.69, 9.17) is 18.9 Å². The first-order valence-electron chi connectivity index (χ1n) is 33.6. The van der Waals surface area contributed by atoms with Crippen molar-refractivity contribution in [2.75, 3.05) is 19.8 Å². The number of aliphatic hydroxyl groups excluding tert-OH is 8. The van der Waals surface area contributed by atoms with Gasteiger partial charge in [-0.15, -0.1) is 0 Å². The maximum absolute atomic E-state index is 13.3. The standard InChI is InChI=1S/C66H125NO13/c1-3-5-7-9-11-13-15-17-19-21-22-23-24-25-26-27-28-29-30-31-32-34-35-37-39-41-43-45-47-49-55(70)54(67-58(71)50-48-46-44-42-40-38-36-33-20-18-16-14-12-10-8-6-4-2)53-77-65-63(76)61(74)64(57(52-69)79-65)80-66-62(75)60(73)59(72)56(51-68)78-66/h12,14,18,20,54-57,59-66,68-70,72-76H,3-11,13,15-17,19,21-53H2,1-2H3,(H,67,71)/b14-12-,20-18-. The van der Waals surface area contributed by atoms with Crippen LogP contribution in [0.2, 0.25) is 0 Å². The predicted octanol–water partition coefficient (Wildman–Crippen LogP) is 12.8. The Hall–Kier alpha value is -1.53. The molecule has 0 aliphatic carbocycles. The van der Waals surface area contributed by atoms with E-state index in [1.165, 1.54) is 205 Å². The van der Waals surface area contributed by atoms with Crippen LogP contribution in [0.15, 0.2) is 24.3 Å². The molecule has 0 aromatic rings. The van der Waals surface area contributed by atoms with Crippen LogP contribution in [0.25, 0.3) is 0 Å². The van der Waals surface area contributed by atoms with Crippen LogP contribution < -0.4 is 5.32 Å². The minimum Gasteiger partial charge on any atom is -0.394 e. The van der Waals surface area contributed by atoms with Gasteiger partial charge in [0.25, 0.3) is 0 Å². The van der Waals surface area contributed by atoms with Crippen LogP contribution >= 0.6 is 0 Å². The van der Waals surface area contributed by atoms with Gasteiger partial charge in [0, 0.05) is 6.42 Å². The molecule has 80 heavy (non-hydrogen) atoms. The lowest BCUT2D eigenvalue weighted by molar-refractivity contribution is -0.359. The summed E-state index contributed by atoms with van der Waals surface area (Å²) >= 11 is 0. The third-order valence-electron chi connectivity index (χ3n) is 16.7. The van der Waals surface area contributed by atoms with E-state index in [2.05, 4.69) is 43.5 Å². The van der Waals surface area contributed by atoms with E-state index < -0.39 is 86.8 Å². The molecule has 2 heterocycles. The van der Waals surface area contributed by atoms with Crippen molar-refractivity contribution in [3.63, 3.8) is 0 Å². The normalized spacial score (nSPS) is 24.3. The van der Waals surface area contributed by atoms with Gasteiger partial charge in [0.15, 0.2) is 12.6 Å². The molecule has 1 amide bonds. The van der Waals surface area contributed by atoms with Gasteiger partial charge in [-0.3, -0.25) is 4.79 Å². The lowest BCUT2D eigenvalue weighted by Gasteiger charge is -2.46. The highest BCUT2D eigenvalue weighted by atomic mass is 16.7. The summed E-state index contributed by atoms with van der Waals surface area (Å²) in [4.78, 5) is 13.3. The van der Waals surface area contributed by atoms with Crippen molar-refractivity contribution in [1.29, 1.82) is 0 Å². The fourth-order valence-corrected chi connectivity index (χ4v) is 11.3. The first-order chi connectivity index (χ1) is 39.1. The average molecular weight is 1140 g/mol. The van der Waals surface area contributed by atoms with Crippen LogP contribution in [0.3, 0.4) is 0 Å². The van der Waals surface area contributed by atoms with Crippen molar-refractivity contribution >= 4 is 5.91 Å². The van der Waals surface area contributed by atoms with E-state index in [9.17, 15) is 45.6 Å². The monoisotopic (exact) mass is 1140 g/mol. The Labute approximate surface area is 488 Å². The first kappa shape index (κ1) is 74.6. The lowest BCUT2D eigenvalue weighted by Crippen LogP contribution is -2.65. The zero-order chi connectivity index (χ0) is 58.1. The van der Waals surface area contributed by atoms with E-state index in [1.54, 1.807) is 0 Å². The maximum Gasteiger partial charge on any atom is 0.220 e. The van der Waals surface area contributed by atoms with Gasteiger partial charge in [0.1, 0.15) is 48.8 Å². The molecule has 0 bridgehead atoms. The van der Waals surface area contributed by atoms with Crippen LogP contribution in [0.4, 0.5) is 0 Å². The summed E-state index contributed by atoms with van der Waals surface area (Å²) in [6.45, 7) is 2.87. The molecule has 14 nitrogen and oxygen atoms in total. The number of carbonyl (C=O) groups excluding carboxylic acids is 1. The van der Waals surface area contributed by atoms with Crippen LogP contribution in [-0.4, -0.2) is 140 Å². The number of hydrogen-bond acceptors (Lipinski definition) is 13. The number of amides is 1. The molecule has 9 N–H and O–H groups in total. The Morgan fingerprint density at radius 2 is 0.825 bits per heavy atom. The van der Waals surface area contributed by atoms with Gasteiger partial charge in [-0.2, -0.15) is 0 Å². The molecule has 0 aromatic heterocycles. The van der Waals surface area contributed by atoms with Crippen LogP contribution in [0.5, 0.6) is 0 Å². The highest BCUT2D eigenvalue weighted by Crippen LogP contribution is 2.30. The predicted molar refractivity (Wildman–Crippen MR) is 323 cm³/mol. The molecule has 2 fully saturated rings. The molecular formula is C66H125NO13. The highest BCUT2D eigenvalue weighted by molar-refractivity contribution is 5.76. The van der Waals surface area contributed by atoms with E-state index in [0.717, 1.165) is 57.8 Å². The molecular weight excluding hydrogens is 1010 g/mol. The molecule has 472 valence electrons. The van der Waals surface area contributed by atoms with Crippen LogP contribution in [-0.2, 0) is 23.7 Å². The second kappa shape index (κ2) is 51.9. The Morgan fingerprint density at radius 3 is 1.27 bits per heavy atom. The summed E-state index contributed by atoms with van der Waals surface area (Å²) in [5.41, 5.74) is 0. The minimum absolute atomic E-state index is 0.211. The number of hydrogen-bond donors (Lipinski definition) is 9. The van der Waals surface area contributed by atoms with Crippen molar-refractivity contribution in [2.45, 2.75) is 370 Å². The molecule has 2 rings (SSSR count). The Kier molecular flexibility index (Phi) is 48.3. The Bertz CT molecular complexity index is 1440. The number of carbonyl (C=O) groups is 1. The third kappa shape index (κ3) is 36.3. The number of rotatable bonds is 55. The van der Waals surface area contributed by atoms with Crippen molar-refractivity contribution < 1.29 is 64.6 Å². The fourth-order valence-electron chi connectivity index (χ4n) is 11.3. The second-order valence-electron chi connectivity index (χ2n) is 24.0. The summed E-state index contributed by atoms with van der Waals surface area (Å²) in [6.07, 6.45) is 46.2. The van der Waals surface area contributed by atoms with Crippen molar-refractivity contribution in [3.05, 3.63) is 24.3 Å². The number of allylic oxidation sites excluding steroid dienone is 4. The molecule has 14 heteroatoms. The average Bonchev–Trinajstić information content (AvgIpc) is 3.49. The molecule has 2 saturated heterocycles. The largest absolute Gasteiger partial charge is 0.394 e. The summed E-state index contributed by atoms with van der Waals surface area (Å²) in [5, 5.41) is 87.5. The number of unbranched alkanes of at least 4 members (excludes halogenated alkanes) is 38. The number of nitrogens with one attached hydrogen (secondary N) is 1. The van der Waals surface area contributed by atoms with Gasteiger partial charge in [-0.05, 0) is 44.9 Å². The SMILES string of the molecule is CCCCC/C=C\C/C=C\CCCCCCCCCC(=O)NC(COC1OC(CO)C(OC2OC(CO)C(O)C(O)C2O)C(O)C1O)C(O)CCCCCCCCCCCCCCCCCCCCCCCCCCCCCCC. The molecule has 12 atom stereocenters. The quantitative estimate of drug-likeness (QED) is 0.0204. The lowest BCUT2D eigenvalue weighted by atomic mass is 9.97. The van der Waals surface area contributed by atoms with Gasteiger partial charge >= 0.3 is 0 Å². The number of ether oxygens (including phenoxy) is 4. The molecule has 0 radical (unpaired) electrons. The van der Waals surface area contributed by atoms with E-state index in [-0.39, 0.29) is 12.5 Å². The highest BCUT2D eigenvalue weighted by Gasteiger charge is 2.51. The van der Waals surface area contributed by atoms with Gasteiger partial charge in [0.2, 0.25) is 5.91 Å². The Morgan fingerprint density at radius 1 is 0.450 bits per heavy atom. The molecule has 12 unspecified atom stereocenters. The van der Waals surface area contributed by atoms with E-state index >= 15 is 0 Å². The van der Waals surface area contributed by atoms with Crippen LogP contribution in [0, 0.1) is 0 Å². The minimum atomic E-state index is -1.78. The van der Waals surface area contributed by atoms with Crippen LogP contribution in [0.1, 0.15) is 296 Å². The second-order valence-corrected chi connectivity index (χ2v) is 24.0. The summed E-state index contributed by atoms with van der Waals surface area (Å²) in [5.74, 6) is -0.211. The zero-order valence-corrected chi connectivity index (χ0v) is 51.1.